The molecule has 5 unspecified atom stereocenters. The van der Waals surface area contributed by atoms with Gasteiger partial charge in [-0.3, -0.25) is 0 Å². The first-order valence-corrected chi connectivity index (χ1v) is 11.3. The molecule has 2 heterocycles. The standard InChI is InChI=1S/C20H38O16/c1-30-7-32-9(4-22)16(8(25)3-21)35-19-15(29)13(27)18(11(6-24)34-19)36-20-14(28)12(26)17(31-2)10(5-23)33-20/h8-29H,3-7H2,1-2H3/t8-,9?,10?,11?,12-,13-,14?,15?,16+,17+,18-,19-,20-/m0/s1. The van der Waals surface area contributed by atoms with Crippen LogP contribution in [-0.4, -0.2) is 173 Å². The molecular formula is C20H38O16. The van der Waals surface area contributed by atoms with Gasteiger partial charge in [-0.2, -0.15) is 0 Å². The molecule has 0 spiro atoms. The van der Waals surface area contributed by atoms with E-state index in [-0.39, 0.29) is 6.79 Å². The van der Waals surface area contributed by atoms with E-state index >= 15 is 0 Å². The summed E-state index contributed by atoms with van der Waals surface area (Å²) in [6, 6.07) is 0. The zero-order valence-corrected chi connectivity index (χ0v) is 19.9. The largest absolute Gasteiger partial charge is 0.394 e. The summed E-state index contributed by atoms with van der Waals surface area (Å²) in [4.78, 5) is 0. The van der Waals surface area contributed by atoms with E-state index in [9.17, 15) is 46.0 Å². The molecule has 0 bridgehead atoms. The highest BCUT2D eigenvalue weighted by Gasteiger charge is 2.52. The van der Waals surface area contributed by atoms with Crippen LogP contribution >= 0.6 is 0 Å². The van der Waals surface area contributed by atoms with E-state index in [0.29, 0.717) is 0 Å². The highest BCUT2D eigenvalue weighted by molar-refractivity contribution is 4.95. The predicted molar refractivity (Wildman–Crippen MR) is 113 cm³/mol. The molecule has 16 heteroatoms. The first-order chi connectivity index (χ1) is 17.2. The Morgan fingerprint density at radius 1 is 0.750 bits per heavy atom. The predicted octanol–water partition coefficient (Wildman–Crippen LogP) is -6.02. The molecule has 2 rings (SSSR count). The number of methoxy groups -OCH3 is 2. The van der Waals surface area contributed by atoms with Gasteiger partial charge in [-0.05, 0) is 0 Å². The van der Waals surface area contributed by atoms with E-state index in [1.165, 1.54) is 14.2 Å². The van der Waals surface area contributed by atoms with Crippen LogP contribution in [0.2, 0.25) is 0 Å². The van der Waals surface area contributed by atoms with Crippen molar-refractivity contribution in [2.75, 3.05) is 47.4 Å². The van der Waals surface area contributed by atoms with Gasteiger partial charge < -0.3 is 79.1 Å². The highest BCUT2D eigenvalue weighted by atomic mass is 16.8. The van der Waals surface area contributed by atoms with Gasteiger partial charge in [-0.15, -0.1) is 0 Å². The van der Waals surface area contributed by atoms with Gasteiger partial charge in [0.2, 0.25) is 0 Å². The number of hydrogen-bond acceptors (Lipinski definition) is 16. The van der Waals surface area contributed by atoms with Crippen molar-refractivity contribution in [2.45, 2.75) is 79.7 Å². The normalized spacial score (nSPS) is 40.1. The topological polar surface area (TPSA) is 247 Å². The number of hydrogen-bond donors (Lipinski definition) is 9. The fourth-order valence-electron chi connectivity index (χ4n) is 4.04. The fraction of sp³-hybridized carbons (Fsp3) is 1.00. The van der Waals surface area contributed by atoms with Crippen LogP contribution in [0.5, 0.6) is 0 Å². The third-order valence-corrected chi connectivity index (χ3v) is 6.01. The average molecular weight is 535 g/mol. The third-order valence-electron chi connectivity index (χ3n) is 6.01. The van der Waals surface area contributed by atoms with Gasteiger partial charge in [0.15, 0.2) is 12.6 Å². The monoisotopic (exact) mass is 534 g/mol. The maximum absolute atomic E-state index is 10.7. The lowest BCUT2D eigenvalue weighted by molar-refractivity contribution is -0.369. The summed E-state index contributed by atoms with van der Waals surface area (Å²) in [7, 11) is 2.56. The van der Waals surface area contributed by atoms with Gasteiger partial charge in [0, 0.05) is 14.2 Å². The molecule has 0 radical (unpaired) electrons. The smallest absolute Gasteiger partial charge is 0.187 e. The van der Waals surface area contributed by atoms with Crippen LogP contribution in [0.1, 0.15) is 0 Å². The van der Waals surface area contributed by atoms with Crippen molar-refractivity contribution in [3.05, 3.63) is 0 Å². The maximum Gasteiger partial charge on any atom is 0.187 e. The van der Waals surface area contributed by atoms with Crippen molar-refractivity contribution < 1.29 is 79.1 Å². The molecule has 2 fully saturated rings. The van der Waals surface area contributed by atoms with E-state index in [2.05, 4.69) is 0 Å². The van der Waals surface area contributed by atoms with Crippen molar-refractivity contribution in [1.82, 2.24) is 0 Å². The first-order valence-electron chi connectivity index (χ1n) is 11.3. The number of aliphatic hydroxyl groups is 9. The van der Waals surface area contributed by atoms with E-state index in [1.807, 2.05) is 0 Å². The molecule has 13 atom stereocenters. The Bertz CT molecular complexity index is 610. The number of aliphatic hydroxyl groups excluding tert-OH is 9. The first kappa shape index (κ1) is 31.6. The van der Waals surface area contributed by atoms with Crippen LogP contribution in [0, 0.1) is 0 Å². The lowest BCUT2D eigenvalue weighted by Gasteiger charge is -2.47. The van der Waals surface area contributed by atoms with Crippen molar-refractivity contribution >= 4 is 0 Å². The van der Waals surface area contributed by atoms with Gasteiger partial charge in [-0.1, -0.05) is 0 Å². The second-order valence-corrected chi connectivity index (χ2v) is 8.36. The van der Waals surface area contributed by atoms with Crippen LogP contribution in [0.3, 0.4) is 0 Å². The van der Waals surface area contributed by atoms with Crippen molar-refractivity contribution in [3.8, 4) is 0 Å². The summed E-state index contributed by atoms with van der Waals surface area (Å²) >= 11 is 0. The zero-order valence-electron chi connectivity index (χ0n) is 19.9. The van der Waals surface area contributed by atoms with E-state index < -0.39 is 106 Å². The molecule has 0 aliphatic carbocycles. The SMILES string of the molecule is COCOC(CO)[C@H](O[C@@H]1OC(CO)[C@H](O[C@@H]2OC(CO)[C@@H](OC)[C@@H](O)C2O)[C@@H](O)C1O)[C@@H](O)CO. The van der Waals surface area contributed by atoms with Crippen molar-refractivity contribution in [3.63, 3.8) is 0 Å². The van der Waals surface area contributed by atoms with Crippen molar-refractivity contribution in [1.29, 1.82) is 0 Å². The maximum atomic E-state index is 10.7. The Kier molecular flexibility index (Phi) is 13.2. The number of ether oxygens (including phenoxy) is 7. The average Bonchev–Trinajstić information content (AvgIpc) is 2.89. The second kappa shape index (κ2) is 15.1. The van der Waals surface area contributed by atoms with Gasteiger partial charge in [-0.25, -0.2) is 0 Å². The second-order valence-electron chi connectivity index (χ2n) is 8.36. The number of rotatable bonds is 14. The molecule has 2 aliphatic rings. The van der Waals surface area contributed by atoms with E-state index in [4.69, 9.17) is 33.2 Å². The minimum atomic E-state index is -1.86. The Morgan fingerprint density at radius 3 is 1.83 bits per heavy atom. The minimum Gasteiger partial charge on any atom is -0.394 e. The lowest BCUT2D eigenvalue weighted by Crippen LogP contribution is -2.65. The quantitative estimate of drug-likeness (QED) is 0.0941. The van der Waals surface area contributed by atoms with Gasteiger partial charge in [0.25, 0.3) is 0 Å². The molecule has 214 valence electrons. The van der Waals surface area contributed by atoms with E-state index in [1.54, 1.807) is 0 Å². The molecule has 0 aromatic carbocycles. The molecule has 2 aliphatic heterocycles. The Hall–Kier alpha value is -0.640. The van der Waals surface area contributed by atoms with Crippen LogP contribution in [0.25, 0.3) is 0 Å². The van der Waals surface area contributed by atoms with Crippen LogP contribution < -0.4 is 0 Å². The summed E-state index contributed by atoms with van der Waals surface area (Å²) in [5.74, 6) is 0. The molecule has 0 amide bonds. The summed E-state index contributed by atoms with van der Waals surface area (Å²) in [5, 5.41) is 90.5. The molecule has 2 saturated heterocycles. The summed E-state index contributed by atoms with van der Waals surface area (Å²) in [6.07, 6.45) is -19.6. The fourth-order valence-corrected chi connectivity index (χ4v) is 4.04. The molecule has 9 N–H and O–H groups in total. The van der Waals surface area contributed by atoms with Gasteiger partial charge >= 0.3 is 0 Å². The molecule has 0 saturated carbocycles. The third kappa shape index (κ3) is 7.26. The summed E-state index contributed by atoms with van der Waals surface area (Å²) < 4.78 is 37.0. The van der Waals surface area contributed by atoms with E-state index in [0.717, 1.165) is 0 Å². The van der Waals surface area contributed by atoms with Crippen LogP contribution in [0.4, 0.5) is 0 Å². The Labute approximate surface area is 207 Å². The van der Waals surface area contributed by atoms with Crippen LogP contribution in [-0.2, 0) is 33.2 Å². The Morgan fingerprint density at radius 2 is 1.31 bits per heavy atom. The molecule has 0 aromatic heterocycles. The molecule has 16 nitrogen and oxygen atoms in total. The highest BCUT2D eigenvalue weighted by Crippen LogP contribution is 2.31. The molecule has 36 heavy (non-hydrogen) atoms. The molecular weight excluding hydrogens is 496 g/mol. The summed E-state index contributed by atoms with van der Waals surface area (Å²) in [6.45, 7) is -3.17. The van der Waals surface area contributed by atoms with Gasteiger partial charge in [0.05, 0.1) is 26.4 Å². The van der Waals surface area contributed by atoms with Crippen molar-refractivity contribution in [2.24, 2.45) is 0 Å². The van der Waals surface area contributed by atoms with Crippen LogP contribution in [0.15, 0.2) is 0 Å². The Balaban J connectivity index is 2.17. The summed E-state index contributed by atoms with van der Waals surface area (Å²) in [5.41, 5.74) is 0. The minimum absolute atomic E-state index is 0.302. The molecule has 0 aromatic rings. The van der Waals surface area contributed by atoms with Gasteiger partial charge in [0.1, 0.15) is 73.9 Å². The zero-order chi connectivity index (χ0) is 27.0. The lowest BCUT2D eigenvalue weighted by atomic mass is 9.96.